The van der Waals surface area contributed by atoms with Crippen molar-refractivity contribution in [2.45, 2.75) is 0 Å². The first-order chi connectivity index (χ1) is 6.77. The third kappa shape index (κ3) is 2.69. The summed E-state index contributed by atoms with van der Waals surface area (Å²) in [5.74, 6) is 4.70. The van der Waals surface area contributed by atoms with Crippen molar-refractivity contribution in [1.29, 1.82) is 0 Å². The highest BCUT2D eigenvalue weighted by atomic mass is 16.2. The molecule has 0 saturated heterocycles. The number of nitrogen functional groups attached to an aromatic ring is 1. The SMILES string of the molecule is NCC=Cc1ccc(C(=O)NN)cc1. The molecule has 1 rings (SSSR count). The van der Waals surface area contributed by atoms with Crippen LogP contribution in [-0.4, -0.2) is 12.5 Å². The summed E-state index contributed by atoms with van der Waals surface area (Å²) >= 11 is 0. The predicted octanol–water partition coefficient (Wildman–Crippen LogP) is 0.262. The normalized spacial score (nSPS) is 10.4. The minimum Gasteiger partial charge on any atom is -0.327 e. The van der Waals surface area contributed by atoms with Gasteiger partial charge in [-0.15, -0.1) is 0 Å². The summed E-state index contributed by atoms with van der Waals surface area (Å²) in [5, 5.41) is 0. The molecule has 0 bridgehead atoms. The van der Waals surface area contributed by atoms with Gasteiger partial charge in [-0.1, -0.05) is 24.3 Å². The largest absolute Gasteiger partial charge is 0.327 e. The van der Waals surface area contributed by atoms with Gasteiger partial charge in [-0.2, -0.15) is 0 Å². The Bertz CT molecular complexity index is 330. The summed E-state index contributed by atoms with van der Waals surface area (Å²) in [6, 6.07) is 7.07. The van der Waals surface area contributed by atoms with E-state index in [2.05, 4.69) is 5.43 Å². The minimum absolute atomic E-state index is 0.292. The molecular formula is C10H13N3O. The number of carbonyl (C=O) groups is 1. The third-order valence-electron chi connectivity index (χ3n) is 1.75. The summed E-state index contributed by atoms with van der Waals surface area (Å²) in [5.41, 5.74) is 8.92. The Balaban J connectivity index is 2.78. The molecule has 0 aliphatic rings. The maximum Gasteiger partial charge on any atom is 0.265 e. The average Bonchev–Trinajstić information content (AvgIpc) is 2.26. The van der Waals surface area contributed by atoms with Gasteiger partial charge in [0.1, 0.15) is 0 Å². The average molecular weight is 191 g/mol. The van der Waals surface area contributed by atoms with Gasteiger partial charge in [0, 0.05) is 12.1 Å². The number of carbonyl (C=O) groups excluding carboxylic acids is 1. The van der Waals surface area contributed by atoms with E-state index in [9.17, 15) is 4.79 Å². The van der Waals surface area contributed by atoms with Crippen LogP contribution in [0.15, 0.2) is 30.3 Å². The summed E-state index contributed by atoms with van der Waals surface area (Å²) in [7, 11) is 0. The molecule has 0 aliphatic heterocycles. The number of rotatable bonds is 3. The maximum absolute atomic E-state index is 11.1. The number of benzene rings is 1. The number of hydrogen-bond donors (Lipinski definition) is 3. The molecule has 1 aromatic carbocycles. The van der Waals surface area contributed by atoms with Gasteiger partial charge in [-0.3, -0.25) is 10.2 Å². The first-order valence-electron chi connectivity index (χ1n) is 4.25. The molecule has 14 heavy (non-hydrogen) atoms. The Morgan fingerprint density at radius 1 is 1.36 bits per heavy atom. The Kier molecular flexibility index (Phi) is 3.84. The second kappa shape index (κ2) is 5.16. The smallest absolute Gasteiger partial charge is 0.265 e. The van der Waals surface area contributed by atoms with Gasteiger partial charge in [0.15, 0.2) is 0 Å². The van der Waals surface area contributed by atoms with Crippen LogP contribution in [0, 0.1) is 0 Å². The van der Waals surface area contributed by atoms with Crippen LogP contribution in [0.5, 0.6) is 0 Å². The summed E-state index contributed by atoms with van der Waals surface area (Å²) in [6.45, 7) is 0.505. The predicted molar refractivity (Wildman–Crippen MR) is 56.2 cm³/mol. The minimum atomic E-state index is -0.292. The topological polar surface area (TPSA) is 81.1 Å². The molecule has 0 atom stereocenters. The van der Waals surface area contributed by atoms with Crippen LogP contribution in [0.3, 0.4) is 0 Å². The molecule has 1 amide bonds. The number of amides is 1. The Morgan fingerprint density at radius 2 is 2.00 bits per heavy atom. The van der Waals surface area contributed by atoms with Gasteiger partial charge in [0.05, 0.1) is 0 Å². The van der Waals surface area contributed by atoms with Crippen LogP contribution in [-0.2, 0) is 0 Å². The van der Waals surface area contributed by atoms with Crippen molar-refractivity contribution in [2.24, 2.45) is 11.6 Å². The van der Waals surface area contributed by atoms with Gasteiger partial charge >= 0.3 is 0 Å². The molecule has 0 saturated carbocycles. The zero-order valence-corrected chi connectivity index (χ0v) is 7.73. The lowest BCUT2D eigenvalue weighted by Crippen LogP contribution is -2.29. The van der Waals surface area contributed by atoms with Crippen LogP contribution in [0.1, 0.15) is 15.9 Å². The van der Waals surface area contributed by atoms with Crippen molar-refractivity contribution in [3.05, 3.63) is 41.5 Å². The van der Waals surface area contributed by atoms with E-state index in [0.29, 0.717) is 12.1 Å². The van der Waals surface area contributed by atoms with Crippen LogP contribution >= 0.6 is 0 Å². The molecule has 0 spiro atoms. The fourth-order valence-electron chi connectivity index (χ4n) is 1.03. The van der Waals surface area contributed by atoms with E-state index in [-0.39, 0.29) is 5.91 Å². The molecule has 0 aliphatic carbocycles. The molecule has 0 radical (unpaired) electrons. The Labute approximate surface area is 82.6 Å². The van der Waals surface area contributed by atoms with Crippen molar-refractivity contribution in [3.63, 3.8) is 0 Å². The molecule has 1 aromatic rings. The zero-order valence-electron chi connectivity index (χ0n) is 7.73. The van der Waals surface area contributed by atoms with Crippen molar-refractivity contribution < 1.29 is 4.79 Å². The van der Waals surface area contributed by atoms with Gasteiger partial charge in [-0.05, 0) is 17.7 Å². The van der Waals surface area contributed by atoms with Gasteiger partial charge in [0.25, 0.3) is 5.91 Å². The van der Waals surface area contributed by atoms with Gasteiger partial charge < -0.3 is 5.73 Å². The van der Waals surface area contributed by atoms with E-state index in [1.807, 2.05) is 24.3 Å². The van der Waals surface area contributed by atoms with Crippen molar-refractivity contribution >= 4 is 12.0 Å². The number of nitrogens with one attached hydrogen (secondary N) is 1. The highest BCUT2D eigenvalue weighted by Crippen LogP contribution is 2.05. The molecule has 74 valence electrons. The molecule has 0 fully saturated rings. The maximum atomic E-state index is 11.1. The standard InChI is InChI=1S/C10H13N3O/c11-7-1-2-8-3-5-9(6-4-8)10(14)13-12/h1-6H,7,11-12H2,(H,13,14). The lowest BCUT2D eigenvalue weighted by molar-refractivity contribution is 0.0953. The third-order valence-corrected chi connectivity index (χ3v) is 1.75. The summed E-state index contributed by atoms with van der Waals surface area (Å²) in [4.78, 5) is 11.1. The molecule has 0 heterocycles. The van der Waals surface area contributed by atoms with Crippen LogP contribution < -0.4 is 17.0 Å². The molecule has 0 unspecified atom stereocenters. The molecular weight excluding hydrogens is 178 g/mol. The lowest BCUT2D eigenvalue weighted by Gasteiger charge is -1.99. The number of nitrogens with two attached hydrogens (primary N) is 2. The van der Waals surface area contributed by atoms with Crippen LogP contribution in [0.2, 0.25) is 0 Å². The molecule has 4 heteroatoms. The van der Waals surface area contributed by atoms with Crippen LogP contribution in [0.25, 0.3) is 6.08 Å². The van der Waals surface area contributed by atoms with E-state index in [0.717, 1.165) is 5.56 Å². The molecule has 4 nitrogen and oxygen atoms in total. The Hall–Kier alpha value is -1.65. The monoisotopic (exact) mass is 191 g/mol. The molecule has 5 N–H and O–H groups in total. The highest BCUT2D eigenvalue weighted by molar-refractivity contribution is 5.93. The van der Waals surface area contributed by atoms with Crippen LogP contribution in [0.4, 0.5) is 0 Å². The Morgan fingerprint density at radius 3 is 2.50 bits per heavy atom. The van der Waals surface area contributed by atoms with E-state index in [4.69, 9.17) is 11.6 Å². The fourth-order valence-corrected chi connectivity index (χ4v) is 1.03. The van der Waals surface area contributed by atoms with E-state index in [1.165, 1.54) is 0 Å². The fraction of sp³-hybridized carbons (Fsp3) is 0.100. The van der Waals surface area contributed by atoms with Gasteiger partial charge in [-0.25, -0.2) is 5.84 Å². The van der Waals surface area contributed by atoms with E-state index in [1.54, 1.807) is 12.1 Å². The first-order valence-corrected chi connectivity index (χ1v) is 4.25. The van der Waals surface area contributed by atoms with Crippen molar-refractivity contribution in [3.8, 4) is 0 Å². The highest BCUT2D eigenvalue weighted by Gasteiger charge is 2.00. The second-order valence-corrected chi connectivity index (χ2v) is 2.73. The summed E-state index contributed by atoms with van der Waals surface area (Å²) < 4.78 is 0. The number of hydrogen-bond acceptors (Lipinski definition) is 3. The van der Waals surface area contributed by atoms with E-state index < -0.39 is 0 Å². The van der Waals surface area contributed by atoms with Crippen molar-refractivity contribution in [1.82, 2.24) is 5.43 Å². The second-order valence-electron chi connectivity index (χ2n) is 2.73. The quantitative estimate of drug-likeness (QED) is 0.364. The van der Waals surface area contributed by atoms with Crippen molar-refractivity contribution in [2.75, 3.05) is 6.54 Å². The number of hydrazine groups is 1. The van der Waals surface area contributed by atoms with Gasteiger partial charge in [0.2, 0.25) is 0 Å². The zero-order chi connectivity index (χ0) is 10.4. The molecule has 0 aromatic heterocycles. The van der Waals surface area contributed by atoms with E-state index >= 15 is 0 Å². The lowest BCUT2D eigenvalue weighted by atomic mass is 10.1. The summed E-state index contributed by atoms with van der Waals surface area (Å²) in [6.07, 6.45) is 3.74. The first kappa shape index (κ1) is 10.4.